The molecule has 0 fully saturated rings. The molecule has 104 valence electrons. The van der Waals surface area contributed by atoms with E-state index in [0.29, 0.717) is 16.9 Å². The number of nitrogens with one attached hydrogen (secondary N) is 1. The van der Waals surface area contributed by atoms with Gasteiger partial charge in [-0.2, -0.15) is 4.98 Å². The maximum atomic E-state index is 12.9. The summed E-state index contributed by atoms with van der Waals surface area (Å²) in [6.07, 6.45) is 3.02. The van der Waals surface area contributed by atoms with Gasteiger partial charge < -0.3 is 0 Å². The SMILES string of the molecule is CC(=O)Nc1ncc2nc(-c3ccc(F)cc3)cnc2n1. The Morgan fingerprint density at radius 2 is 1.86 bits per heavy atom. The molecular weight excluding hydrogens is 273 g/mol. The molecule has 6 nitrogen and oxygen atoms in total. The number of hydrogen-bond acceptors (Lipinski definition) is 5. The summed E-state index contributed by atoms with van der Waals surface area (Å²) < 4.78 is 12.9. The van der Waals surface area contributed by atoms with Gasteiger partial charge in [0.1, 0.15) is 11.3 Å². The summed E-state index contributed by atoms with van der Waals surface area (Å²) in [6, 6.07) is 5.96. The van der Waals surface area contributed by atoms with Crippen molar-refractivity contribution in [3.8, 4) is 11.3 Å². The molecule has 21 heavy (non-hydrogen) atoms. The second-order valence-corrected chi connectivity index (χ2v) is 4.35. The Kier molecular flexibility index (Phi) is 3.23. The third-order valence-electron chi connectivity index (χ3n) is 2.73. The lowest BCUT2D eigenvalue weighted by Gasteiger charge is -2.04. The number of benzene rings is 1. The molecule has 3 aromatic rings. The van der Waals surface area contributed by atoms with Crippen LogP contribution in [0.3, 0.4) is 0 Å². The van der Waals surface area contributed by atoms with E-state index in [1.54, 1.807) is 18.3 Å². The van der Waals surface area contributed by atoms with E-state index in [9.17, 15) is 9.18 Å². The van der Waals surface area contributed by atoms with Gasteiger partial charge in [-0.3, -0.25) is 10.1 Å². The van der Waals surface area contributed by atoms with Gasteiger partial charge in [-0.05, 0) is 24.3 Å². The monoisotopic (exact) mass is 283 g/mol. The number of halogens is 1. The summed E-state index contributed by atoms with van der Waals surface area (Å²) in [4.78, 5) is 27.6. The number of hydrogen-bond donors (Lipinski definition) is 1. The highest BCUT2D eigenvalue weighted by Crippen LogP contribution is 2.18. The molecule has 0 atom stereocenters. The molecule has 0 bridgehead atoms. The van der Waals surface area contributed by atoms with Crippen molar-refractivity contribution < 1.29 is 9.18 Å². The van der Waals surface area contributed by atoms with Crippen molar-refractivity contribution in [3.63, 3.8) is 0 Å². The van der Waals surface area contributed by atoms with E-state index in [2.05, 4.69) is 25.3 Å². The molecule has 0 radical (unpaired) electrons. The van der Waals surface area contributed by atoms with Crippen LogP contribution in [0.25, 0.3) is 22.4 Å². The molecule has 1 N–H and O–H groups in total. The van der Waals surface area contributed by atoms with Crippen molar-refractivity contribution >= 4 is 23.0 Å². The van der Waals surface area contributed by atoms with E-state index in [1.165, 1.54) is 25.3 Å². The fraction of sp³-hybridized carbons (Fsp3) is 0.0714. The number of amides is 1. The van der Waals surface area contributed by atoms with E-state index < -0.39 is 0 Å². The summed E-state index contributed by atoms with van der Waals surface area (Å²) >= 11 is 0. The van der Waals surface area contributed by atoms with E-state index in [-0.39, 0.29) is 17.7 Å². The van der Waals surface area contributed by atoms with Gasteiger partial charge in [0.25, 0.3) is 0 Å². The van der Waals surface area contributed by atoms with Gasteiger partial charge >= 0.3 is 0 Å². The van der Waals surface area contributed by atoms with Crippen LogP contribution in [0.4, 0.5) is 10.3 Å². The molecule has 3 rings (SSSR count). The number of fused-ring (bicyclic) bond motifs is 1. The fourth-order valence-electron chi connectivity index (χ4n) is 1.80. The molecule has 2 heterocycles. The van der Waals surface area contributed by atoms with Gasteiger partial charge in [-0.15, -0.1) is 0 Å². The molecule has 0 spiro atoms. The van der Waals surface area contributed by atoms with E-state index in [0.717, 1.165) is 5.56 Å². The van der Waals surface area contributed by atoms with E-state index in [1.807, 2.05) is 0 Å². The zero-order valence-electron chi connectivity index (χ0n) is 11.0. The quantitative estimate of drug-likeness (QED) is 0.779. The van der Waals surface area contributed by atoms with Crippen LogP contribution in [-0.2, 0) is 4.79 Å². The number of anilines is 1. The number of rotatable bonds is 2. The molecule has 1 aromatic carbocycles. The van der Waals surface area contributed by atoms with Crippen LogP contribution in [0.2, 0.25) is 0 Å². The summed E-state index contributed by atoms with van der Waals surface area (Å²) in [5, 5.41) is 2.48. The average Bonchev–Trinajstić information content (AvgIpc) is 2.47. The molecule has 0 saturated heterocycles. The van der Waals surface area contributed by atoms with Crippen LogP contribution in [-0.4, -0.2) is 25.8 Å². The van der Waals surface area contributed by atoms with E-state index >= 15 is 0 Å². The minimum absolute atomic E-state index is 0.179. The molecule has 1 amide bonds. The minimum Gasteiger partial charge on any atom is -0.295 e. The Hall–Kier alpha value is -2.96. The normalized spacial score (nSPS) is 10.6. The van der Waals surface area contributed by atoms with Crippen LogP contribution in [0.5, 0.6) is 0 Å². The number of nitrogens with zero attached hydrogens (tertiary/aromatic N) is 4. The largest absolute Gasteiger partial charge is 0.295 e. The van der Waals surface area contributed by atoms with Crippen LogP contribution >= 0.6 is 0 Å². The molecule has 0 unspecified atom stereocenters. The summed E-state index contributed by atoms with van der Waals surface area (Å²) in [6.45, 7) is 1.37. The van der Waals surface area contributed by atoms with Crippen molar-refractivity contribution in [3.05, 3.63) is 42.5 Å². The summed E-state index contributed by atoms with van der Waals surface area (Å²) in [5.74, 6) is -0.389. The highest BCUT2D eigenvalue weighted by Gasteiger charge is 2.06. The first-order chi connectivity index (χ1) is 10.1. The first kappa shape index (κ1) is 13.0. The second kappa shape index (κ2) is 5.20. The number of carbonyl (C=O) groups excluding carboxylic acids is 1. The predicted molar refractivity (Wildman–Crippen MR) is 74.8 cm³/mol. The highest BCUT2D eigenvalue weighted by molar-refractivity contribution is 5.87. The van der Waals surface area contributed by atoms with Crippen LogP contribution in [0.1, 0.15) is 6.92 Å². The standard InChI is InChI=1S/C14H10FN5O/c1-8(21)18-14-17-7-12-13(20-14)16-6-11(19-12)9-2-4-10(15)5-3-9/h2-7H,1H3,(H,16,17,18,20,21). The lowest BCUT2D eigenvalue weighted by Crippen LogP contribution is -2.09. The highest BCUT2D eigenvalue weighted by atomic mass is 19.1. The van der Waals surface area contributed by atoms with Gasteiger partial charge in [0, 0.05) is 12.5 Å². The van der Waals surface area contributed by atoms with Gasteiger partial charge in [-0.1, -0.05) is 0 Å². The molecule has 0 aliphatic carbocycles. The Morgan fingerprint density at radius 1 is 1.10 bits per heavy atom. The zero-order chi connectivity index (χ0) is 14.8. The maximum absolute atomic E-state index is 12.9. The number of aromatic nitrogens is 4. The van der Waals surface area contributed by atoms with Crippen LogP contribution in [0, 0.1) is 5.82 Å². The second-order valence-electron chi connectivity index (χ2n) is 4.35. The fourth-order valence-corrected chi connectivity index (χ4v) is 1.80. The van der Waals surface area contributed by atoms with Crippen molar-refractivity contribution in [1.82, 2.24) is 19.9 Å². The molecule has 0 aliphatic heterocycles. The lowest BCUT2D eigenvalue weighted by atomic mass is 10.1. The molecule has 2 aromatic heterocycles. The Morgan fingerprint density at radius 3 is 2.57 bits per heavy atom. The topological polar surface area (TPSA) is 80.7 Å². The first-order valence-corrected chi connectivity index (χ1v) is 6.15. The molecule has 0 saturated carbocycles. The maximum Gasteiger partial charge on any atom is 0.231 e. The van der Waals surface area contributed by atoms with Crippen molar-refractivity contribution in [2.24, 2.45) is 0 Å². The Labute approximate surface area is 119 Å². The van der Waals surface area contributed by atoms with Crippen molar-refractivity contribution in [2.45, 2.75) is 6.92 Å². The average molecular weight is 283 g/mol. The summed E-state index contributed by atoms with van der Waals surface area (Å²) in [5.41, 5.74) is 2.21. The first-order valence-electron chi connectivity index (χ1n) is 6.15. The summed E-state index contributed by atoms with van der Waals surface area (Å²) in [7, 11) is 0. The Balaban J connectivity index is 2.00. The van der Waals surface area contributed by atoms with Gasteiger partial charge in [-0.25, -0.2) is 19.3 Å². The third kappa shape index (κ3) is 2.81. The minimum atomic E-state index is -0.309. The zero-order valence-corrected chi connectivity index (χ0v) is 11.0. The molecule has 0 aliphatic rings. The van der Waals surface area contributed by atoms with Crippen LogP contribution < -0.4 is 5.32 Å². The van der Waals surface area contributed by atoms with Crippen LogP contribution in [0.15, 0.2) is 36.7 Å². The molecular formula is C14H10FN5O. The van der Waals surface area contributed by atoms with Crippen molar-refractivity contribution in [2.75, 3.05) is 5.32 Å². The van der Waals surface area contributed by atoms with E-state index in [4.69, 9.17) is 0 Å². The number of carbonyl (C=O) groups is 1. The van der Waals surface area contributed by atoms with Gasteiger partial charge in [0.15, 0.2) is 5.65 Å². The third-order valence-corrected chi connectivity index (χ3v) is 2.73. The smallest absolute Gasteiger partial charge is 0.231 e. The Bertz CT molecular complexity index is 819. The predicted octanol–water partition coefficient (Wildman–Crippen LogP) is 2.18. The lowest BCUT2D eigenvalue weighted by molar-refractivity contribution is -0.114. The van der Waals surface area contributed by atoms with Crippen molar-refractivity contribution in [1.29, 1.82) is 0 Å². The molecule has 7 heteroatoms. The van der Waals surface area contributed by atoms with Gasteiger partial charge in [0.05, 0.1) is 18.1 Å². The van der Waals surface area contributed by atoms with Gasteiger partial charge in [0.2, 0.25) is 11.9 Å².